The third-order valence-corrected chi connectivity index (χ3v) is 3.54. The van der Waals surface area contributed by atoms with Gasteiger partial charge >= 0.3 is 5.97 Å². The lowest BCUT2D eigenvalue weighted by atomic mass is 10.1. The first-order valence-corrected chi connectivity index (χ1v) is 6.37. The fourth-order valence-electron chi connectivity index (χ4n) is 1.60. The van der Waals surface area contributed by atoms with Crippen LogP contribution in [0.1, 0.15) is 21.6 Å². The van der Waals surface area contributed by atoms with Gasteiger partial charge in [-0.25, -0.2) is 9.78 Å². The van der Waals surface area contributed by atoms with Crippen LogP contribution in [0.3, 0.4) is 0 Å². The first kappa shape index (κ1) is 13.4. The first-order chi connectivity index (χ1) is 8.95. The number of rotatable bonds is 3. The Morgan fingerprint density at radius 3 is 2.63 bits per heavy atom. The van der Waals surface area contributed by atoms with E-state index in [1.54, 1.807) is 19.1 Å². The van der Waals surface area contributed by atoms with Gasteiger partial charge in [0.1, 0.15) is 0 Å². The number of H-pyrrole nitrogens is 1. The van der Waals surface area contributed by atoms with Gasteiger partial charge in [-0.3, -0.25) is 4.79 Å². The van der Waals surface area contributed by atoms with Gasteiger partial charge in [0.25, 0.3) is 5.56 Å². The molecule has 98 valence electrons. The molecular formula is C13H12N2O3S. The summed E-state index contributed by atoms with van der Waals surface area (Å²) in [7, 11) is 0. The summed E-state index contributed by atoms with van der Waals surface area (Å²) in [6, 6.07) is 6.26. The highest BCUT2D eigenvalue weighted by atomic mass is 32.2. The van der Waals surface area contributed by atoms with Crippen LogP contribution in [0.4, 0.5) is 0 Å². The molecule has 0 radical (unpaired) electrons. The number of carboxylic acids is 1. The van der Waals surface area contributed by atoms with Crippen molar-refractivity contribution in [2.75, 3.05) is 0 Å². The number of hydrogen-bond donors (Lipinski definition) is 2. The number of nitrogens with one attached hydrogen (secondary N) is 1. The summed E-state index contributed by atoms with van der Waals surface area (Å²) in [6.07, 6.45) is 0. The Morgan fingerprint density at radius 2 is 2.05 bits per heavy atom. The maximum absolute atomic E-state index is 11.3. The third-order valence-electron chi connectivity index (χ3n) is 2.48. The summed E-state index contributed by atoms with van der Waals surface area (Å²) < 4.78 is 0. The lowest BCUT2D eigenvalue weighted by Gasteiger charge is -2.06. The second-order valence-corrected chi connectivity index (χ2v) is 5.11. The second-order valence-electron chi connectivity index (χ2n) is 4.08. The molecule has 1 heterocycles. The highest BCUT2D eigenvalue weighted by Gasteiger charge is 2.08. The Morgan fingerprint density at radius 1 is 1.32 bits per heavy atom. The molecule has 19 heavy (non-hydrogen) atoms. The molecule has 0 saturated heterocycles. The van der Waals surface area contributed by atoms with Crippen LogP contribution in [-0.2, 0) is 0 Å². The molecule has 0 aliphatic carbocycles. The predicted octanol–water partition coefficient (Wildman–Crippen LogP) is 2.24. The molecule has 2 N–H and O–H groups in total. The fourth-order valence-corrected chi connectivity index (χ4v) is 2.51. The number of hydrogen-bond acceptors (Lipinski definition) is 4. The summed E-state index contributed by atoms with van der Waals surface area (Å²) >= 11 is 1.30. The number of benzene rings is 1. The number of nitrogens with zero attached hydrogens (tertiary/aromatic N) is 1. The molecule has 5 nitrogen and oxygen atoms in total. The number of carboxylic acid groups (broad SMARTS) is 1. The average molecular weight is 276 g/mol. The molecule has 0 bridgehead atoms. The number of aromatic nitrogens is 2. The molecule has 0 saturated carbocycles. The van der Waals surface area contributed by atoms with E-state index in [1.807, 2.05) is 6.92 Å². The molecule has 0 amide bonds. The van der Waals surface area contributed by atoms with Crippen molar-refractivity contribution in [1.29, 1.82) is 0 Å². The maximum Gasteiger partial charge on any atom is 0.335 e. The molecule has 0 atom stereocenters. The molecule has 0 unspecified atom stereocenters. The van der Waals surface area contributed by atoms with Crippen molar-refractivity contribution in [1.82, 2.24) is 9.97 Å². The molecule has 1 aromatic heterocycles. The van der Waals surface area contributed by atoms with Crippen molar-refractivity contribution in [3.8, 4) is 0 Å². The van der Waals surface area contributed by atoms with Gasteiger partial charge in [-0.15, -0.1) is 0 Å². The van der Waals surface area contributed by atoms with Gasteiger partial charge < -0.3 is 10.1 Å². The van der Waals surface area contributed by atoms with Crippen molar-refractivity contribution in [3.63, 3.8) is 0 Å². The van der Waals surface area contributed by atoms with Crippen LogP contribution in [0.5, 0.6) is 0 Å². The Bertz CT molecular complexity index is 695. The van der Waals surface area contributed by atoms with Crippen molar-refractivity contribution >= 4 is 17.7 Å². The number of aryl methyl sites for hydroxylation is 2. The molecule has 0 aliphatic heterocycles. The average Bonchev–Trinajstić information content (AvgIpc) is 2.30. The molecule has 2 rings (SSSR count). The van der Waals surface area contributed by atoms with Gasteiger partial charge in [-0.2, -0.15) is 0 Å². The SMILES string of the molecule is Cc1cc(=O)[nH]c(Sc2ccc(C(=O)O)cc2C)n1. The van der Waals surface area contributed by atoms with E-state index in [9.17, 15) is 9.59 Å². The Kier molecular flexibility index (Phi) is 3.71. The van der Waals surface area contributed by atoms with Crippen molar-refractivity contribution < 1.29 is 9.90 Å². The lowest BCUT2D eigenvalue weighted by molar-refractivity contribution is 0.0696. The van der Waals surface area contributed by atoms with E-state index in [0.29, 0.717) is 10.9 Å². The minimum Gasteiger partial charge on any atom is -0.478 e. The van der Waals surface area contributed by atoms with E-state index in [2.05, 4.69) is 9.97 Å². The van der Waals surface area contributed by atoms with E-state index >= 15 is 0 Å². The van der Waals surface area contributed by atoms with Gasteiger partial charge in [-0.1, -0.05) is 11.8 Å². The molecular weight excluding hydrogens is 264 g/mol. The molecule has 0 spiro atoms. The van der Waals surface area contributed by atoms with Crippen molar-refractivity contribution in [2.45, 2.75) is 23.9 Å². The van der Waals surface area contributed by atoms with Gasteiger partial charge in [-0.05, 0) is 37.6 Å². The number of aromatic amines is 1. The largest absolute Gasteiger partial charge is 0.478 e. The zero-order valence-corrected chi connectivity index (χ0v) is 11.2. The van der Waals surface area contributed by atoms with Crippen LogP contribution in [0.15, 0.2) is 39.1 Å². The Balaban J connectivity index is 2.33. The summed E-state index contributed by atoms with van der Waals surface area (Å²) in [4.78, 5) is 29.9. The smallest absolute Gasteiger partial charge is 0.335 e. The van der Waals surface area contributed by atoms with Crippen molar-refractivity contribution in [3.05, 3.63) is 51.4 Å². The predicted molar refractivity (Wildman–Crippen MR) is 71.9 cm³/mol. The summed E-state index contributed by atoms with van der Waals surface area (Å²) in [6.45, 7) is 3.57. The van der Waals surface area contributed by atoms with Crippen LogP contribution in [0.25, 0.3) is 0 Å². The molecule has 0 aliphatic rings. The van der Waals surface area contributed by atoms with E-state index in [1.165, 1.54) is 23.9 Å². The first-order valence-electron chi connectivity index (χ1n) is 5.55. The standard InChI is InChI=1S/C13H12N2O3S/c1-7-5-9(12(17)18)3-4-10(7)19-13-14-8(2)6-11(16)15-13/h3-6H,1-2H3,(H,17,18)(H,14,15,16). The quantitative estimate of drug-likeness (QED) is 0.840. The van der Waals surface area contributed by atoms with E-state index in [0.717, 1.165) is 10.5 Å². The Labute approximate surface area is 113 Å². The van der Waals surface area contributed by atoms with Crippen molar-refractivity contribution in [2.24, 2.45) is 0 Å². The fraction of sp³-hybridized carbons (Fsp3) is 0.154. The van der Waals surface area contributed by atoms with E-state index in [-0.39, 0.29) is 11.1 Å². The minimum absolute atomic E-state index is 0.199. The summed E-state index contributed by atoms with van der Waals surface area (Å²) in [5, 5.41) is 9.39. The third kappa shape index (κ3) is 3.23. The van der Waals surface area contributed by atoms with E-state index < -0.39 is 5.97 Å². The van der Waals surface area contributed by atoms with Gasteiger partial charge in [0.15, 0.2) is 5.16 Å². The van der Waals surface area contributed by atoms with Gasteiger partial charge in [0.2, 0.25) is 0 Å². The topological polar surface area (TPSA) is 83.0 Å². The van der Waals surface area contributed by atoms with Crippen LogP contribution in [0.2, 0.25) is 0 Å². The van der Waals surface area contributed by atoms with Crippen LogP contribution < -0.4 is 5.56 Å². The lowest BCUT2D eigenvalue weighted by Crippen LogP contribution is -2.08. The highest BCUT2D eigenvalue weighted by molar-refractivity contribution is 7.99. The zero-order valence-electron chi connectivity index (χ0n) is 10.4. The van der Waals surface area contributed by atoms with Crippen LogP contribution >= 0.6 is 11.8 Å². The summed E-state index contributed by atoms with van der Waals surface area (Å²) in [5.41, 5.74) is 1.52. The Hall–Kier alpha value is -2.08. The number of carbonyl (C=O) groups is 1. The normalized spacial score (nSPS) is 10.4. The van der Waals surface area contributed by atoms with Gasteiger partial charge in [0, 0.05) is 16.7 Å². The minimum atomic E-state index is -0.957. The second kappa shape index (κ2) is 5.27. The van der Waals surface area contributed by atoms with Gasteiger partial charge in [0.05, 0.1) is 5.56 Å². The molecule has 2 aromatic rings. The number of aromatic carboxylic acids is 1. The maximum atomic E-state index is 11.3. The summed E-state index contributed by atoms with van der Waals surface area (Å²) in [5.74, 6) is -0.957. The molecule has 0 fully saturated rings. The van der Waals surface area contributed by atoms with Crippen LogP contribution in [0, 0.1) is 13.8 Å². The zero-order chi connectivity index (χ0) is 14.0. The van der Waals surface area contributed by atoms with Crippen LogP contribution in [-0.4, -0.2) is 21.0 Å². The molecule has 6 heteroatoms. The van der Waals surface area contributed by atoms with E-state index in [4.69, 9.17) is 5.11 Å². The highest BCUT2D eigenvalue weighted by Crippen LogP contribution is 2.27. The molecule has 1 aromatic carbocycles. The monoisotopic (exact) mass is 276 g/mol.